The lowest BCUT2D eigenvalue weighted by atomic mass is 9.96. The summed E-state index contributed by atoms with van der Waals surface area (Å²) in [4.78, 5) is 0. The zero-order valence-corrected chi connectivity index (χ0v) is 9.46. The van der Waals surface area contributed by atoms with Crippen LogP contribution in [-0.4, -0.2) is 19.2 Å². The van der Waals surface area contributed by atoms with E-state index in [2.05, 4.69) is 5.32 Å². The third kappa shape index (κ3) is 2.02. The summed E-state index contributed by atoms with van der Waals surface area (Å²) in [7, 11) is 0. The van der Waals surface area contributed by atoms with Crippen molar-refractivity contribution < 1.29 is 13.5 Å². The maximum absolute atomic E-state index is 13.5. The number of nitrogens with one attached hydrogen (secondary N) is 1. The fraction of sp³-hybridized carbons (Fsp3) is 0.538. The monoisotopic (exact) mass is 239 g/mol. The van der Waals surface area contributed by atoms with Gasteiger partial charge in [0.2, 0.25) is 0 Å². The van der Waals surface area contributed by atoms with Gasteiger partial charge in [-0.05, 0) is 25.0 Å². The first-order chi connectivity index (χ1) is 8.24. The summed E-state index contributed by atoms with van der Waals surface area (Å²) < 4.78 is 32.0. The van der Waals surface area contributed by atoms with Gasteiger partial charge in [-0.25, -0.2) is 8.78 Å². The lowest BCUT2D eigenvalue weighted by molar-refractivity contribution is 0.0889. The molecule has 1 saturated heterocycles. The first kappa shape index (κ1) is 11.0. The normalized spacial score (nSPS) is 31.5. The van der Waals surface area contributed by atoms with E-state index in [-0.39, 0.29) is 11.9 Å². The van der Waals surface area contributed by atoms with Crippen molar-refractivity contribution in [2.75, 3.05) is 13.1 Å². The number of benzene rings is 1. The van der Waals surface area contributed by atoms with Gasteiger partial charge in [0, 0.05) is 31.0 Å². The Labute approximate surface area is 99.0 Å². The Morgan fingerprint density at radius 2 is 1.82 bits per heavy atom. The highest BCUT2D eigenvalue weighted by molar-refractivity contribution is 5.25. The van der Waals surface area contributed by atoms with Crippen LogP contribution in [0.5, 0.6) is 5.75 Å². The van der Waals surface area contributed by atoms with Crippen LogP contribution >= 0.6 is 0 Å². The van der Waals surface area contributed by atoms with Crippen molar-refractivity contribution in [1.82, 2.24) is 5.32 Å². The van der Waals surface area contributed by atoms with Gasteiger partial charge in [-0.1, -0.05) is 0 Å². The molecule has 2 nitrogen and oxygen atoms in total. The number of piperidine rings is 1. The van der Waals surface area contributed by atoms with E-state index in [9.17, 15) is 8.78 Å². The van der Waals surface area contributed by atoms with Gasteiger partial charge in [0.25, 0.3) is 0 Å². The van der Waals surface area contributed by atoms with Crippen molar-refractivity contribution in [3.63, 3.8) is 0 Å². The number of hydrogen-bond acceptors (Lipinski definition) is 2. The molecule has 0 aromatic heterocycles. The summed E-state index contributed by atoms with van der Waals surface area (Å²) in [6.45, 7) is 1.87. The predicted molar refractivity (Wildman–Crippen MR) is 59.9 cm³/mol. The lowest BCUT2D eigenvalue weighted by Gasteiger charge is -2.31. The molecular formula is C13H15F2NO. The van der Waals surface area contributed by atoms with Crippen molar-refractivity contribution in [3.05, 3.63) is 29.8 Å². The molecule has 17 heavy (non-hydrogen) atoms. The highest BCUT2D eigenvalue weighted by atomic mass is 19.1. The lowest BCUT2D eigenvalue weighted by Crippen LogP contribution is -2.44. The standard InChI is InChI=1S/C13H15F2NO/c14-10-3-4-12(11(15)5-10)17-13-8-1-2-9(13)7-16-6-8/h3-5,8-9,13,16H,1-2,6-7H2. The minimum atomic E-state index is -0.608. The average molecular weight is 239 g/mol. The zero-order chi connectivity index (χ0) is 11.8. The third-order valence-electron chi connectivity index (χ3n) is 3.81. The van der Waals surface area contributed by atoms with Gasteiger partial charge < -0.3 is 10.1 Å². The Balaban J connectivity index is 1.78. The van der Waals surface area contributed by atoms with E-state index in [1.54, 1.807) is 0 Å². The van der Waals surface area contributed by atoms with E-state index in [1.807, 2.05) is 0 Å². The molecule has 0 spiro atoms. The summed E-state index contributed by atoms with van der Waals surface area (Å²) >= 11 is 0. The average Bonchev–Trinajstić information content (AvgIpc) is 2.54. The molecule has 1 aliphatic carbocycles. The van der Waals surface area contributed by atoms with Gasteiger partial charge in [-0.15, -0.1) is 0 Å². The van der Waals surface area contributed by atoms with Crippen LogP contribution in [0.1, 0.15) is 12.8 Å². The van der Waals surface area contributed by atoms with Crippen LogP contribution in [0.15, 0.2) is 18.2 Å². The fourth-order valence-electron chi connectivity index (χ4n) is 2.94. The summed E-state index contributed by atoms with van der Waals surface area (Å²) in [5.74, 6) is -0.0855. The topological polar surface area (TPSA) is 21.3 Å². The van der Waals surface area contributed by atoms with E-state index in [4.69, 9.17) is 4.74 Å². The molecule has 2 unspecified atom stereocenters. The zero-order valence-electron chi connectivity index (χ0n) is 9.46. The molecule has 1 N–H and O–H groups in total. The fourth-order valence-corrected chi connectivity index (χ4v) is 2.94. The summed E-state index contributed by atoms with van der Waals surface area (Å²) in [5.41, 5.74) is 0. The number of ether oxygens (including phenoxy) is 1. The minimum absolute atomic E-state index is 0.0798. The van der Waals surface area contributed by atoms with Gasteiger partial charge in [0.1, 0.15) is 11.9 Å². The maximum Gasteiger partial charge on any atom is 0.167 e. The summed E-state index contributed by atoms with van der Waals surface area (Å²) in [6.07, 6.45) is 2.34. The third-order valence-corrected chi connectivity index (χ3v) is 3.81. The van der Waals surface area contributed by atoms with Crippen LogP contribution in [0.3, 0.4) is 0 Å². The van der Waals surface area contributed by atoms with Gasteiger partial charge in [-0.2, -0.15) is 0 Å². The smallest absolute Gasteiger partial charge is 0.167 e. The van der Waals surface area contributed by atoms with Crippen molar-refractivity contribution in [2.45, 2.75) is 18.9 Å². The van der Waals surface area contributed by atoms with Crippen LogP contribution in [-0.2, 0) is 0 Å². The molecule has 0 amide bonds. The molecule has 1 aliphatic heterocycles. The molecule has 1 saturated carbocycles. The molecule has 1 aromatic rings. The van der Waals surface area contributed by atoms with Crippen LogP contribution < -0.4 is 10.1 Å². The molecular weight excluding hydrogens is 224 g/mol. The Morgan fingerprint density at radius 3 is 2.47 bits per heavy atom. The first-order valence-corrected chi connectivity index (χ1v) is 6.06. The maximum atomic E-state index is 13.5. The molecule has 2 atom stereocenters. The van der Waals surface area contributed by atoms with Crippen molar-refractivity contribution in [2.24, 2.45) is 11.8 Å². The predicted octanol–water partition coefficient (Wildman–Crippen LogP) is 2.34. The summed E-state index contributed by atoms with van der Waals surface area (Å²) in [5, 5.41) is 3.35. The second kappa shape index (κ2) is 4.26. The Bertz CT molecular complexity index is 408. The number of halogens is 2. The van der Waals surface area contributed by atoms with Crippen molar-refractivity contribution >= 4 is 0 Å². The molecule has 1 aromatic carbocycles. The van der Waals surface area contributed by atoms with Crippen LogP contribution in [0.4, 0.5) is 8.78 Å². The highest BCUT2D eigenvalue weighted by Crippen LogP contribution is 2.37. The largest absolute Gasteiger partial charge is 0.487 e. The minimum Gasteiger partial charge on any atom is -0.487 e. The molecule has 2 bridgehead atoms. The number of rotatable bonds is 2. The molecule has 3 rings (SSSR count). The molecule has 4 heteroatoms. The second-order valence-corrected chi connectivity index (χ2v) is 4.91. The highest BCUT2D eigenvalue weighted by Gasteiger charge is 2.40. The van der Waals surface area contributed by atoms with E-state index in [0.29, 0.717) is 11.8 Å². The van der Waals surface area contributed by atoms with Gasteiger partial charge in [0.05, 0.1) is 0 Å². The summed E-state index contributed by atoms with van der Waals surface area (Å²) in [6, 6.07) is 3.49. The molecule has 0 radical (unpaired) electrons. The van der Waals surface area contributed by atoms with Crippen molar-refractivity contribution in [3.8, 4) is 5.75 Å². The van der Waals surface area contributed by atoms with E-state index in [0.717, 1.165) is 32.0 Å². The Kier molecular flexibility index (Phi) is 2.74. The Morgan fingerprint density at radius 1 is 1.12 bits per heavy atom. The number of fused-ring (bicyclic) bond motifs is 2. The number of hydrogen-bond donors (Lipinski definition) is 1. The molecule has 2 fully saturated rings. The first-order valence-electron chi connectivity index (χ1n) is 6.06. The van der Waals surface area contributed by atoms with Crippen LogP contribution in [0.2, 0.25) is 0 Å². The van der Waals surface area contributed by atoms with E-state index < -0.39 is 11.6 Å². The Hall–Kier alpha value is -1.16. The van der Waals surface area contributed by atoms with Gasteiger partial charge in [0.15, 0.2) is 11.6 Å². The van der Waals surface area contributed by atoms with E-state index in [1.165, 1.54) is 12.1 Å². The van der Waals surface area contributed by atoms with Crippen molar-refractivity contribution in [1.29, 1.82) is 0 Å². The van der Waals surface area contributed by atoms with E-state index >= 15 is 0 Å². The van der Waals surface area contributed by atoms with Gasteiger partial charge >= 0.3 is 0 Å². The SMILES string of the molecule is Fc1ccc(OC2C3CCC2CNC3)c(F)c1. The quantitative estimate of drug-likeness (QED) is 0.855. The second-order valence-electron chi connectivity index (χ2n) is 4.91. The van der Waals surface area contributed by atoms with Gasteiger partial charge in [-0.3, -0.25) is 0 Å². The molecule has 1 heterocycles. The van der Waals surface area contributed by atoms with Crippen LogP contribution in [0, 0.1) is 23.5 Å². The molecule has 92 valence electrons. The van der Waals surface area contributed by atoms with Crippen LogP contribution in [0.25, 0.3) is 0 Å². The molecule has 2 aliphatic rings.